The number of aliphatic hydroxyl groups is 1. The number of hydrogen-bond acceptors (Lipinski definition) is 3. The van der Waals surface area contributed by atoms with E-state index in [1.807, 2.05) is 0 Å². The maximum absolute atomic E-state index is 8.48. The van der Waals surface area contributed by atoms with Crippen molar-refractivity contribution in [2.45, 2.75) is 25.7 Å². The molecule has 0 fully saturated rings. The molecule has 0 rings (SSSR count). The summed E-state index contributed by atoms with van der Waals surface area (Å²) in [6.07, 6.45) is 3.96. The van der Waals surface area contributed by atoms with Gasteiger partial charge in [0.15, 0.2) is 0 Å². The van der Waals surface area contributed by atoms with E-state index >= 15 is 0 Å². The fraction of sp³-hybridized carbons (Fsp3) is 1.00. The first-order chi connectivity index (χ1) is 5.91. The van der Waals surface area contributed by atoms with E-state index in [9.17, 15) is 0 Å². The second-order valence-corrected chi connectivity index (χ2v) is 2.74. The highest BCUT2D eigenvalue weighted by molar-refractivity contribution is 4.39. The second-order valence-electron chi connectivity index (χ2n) is 2.74. The highest BCUT2D eigenvalue weighted by Crippen LogP contribution is 1.95. The van der Waals surface area contributed by atoms with E-state index in [0.29, 0.717) is 6.61 Å². The van der Waals surface area contributed by atoms with Crippen molar-refractivity contribution in [3.05, 3.63) is 0 Å². The van der Waals surface area contributed by atoms with Gasteiger partial charge in [0.1, 0.15) is 0 Å². The fourth-order valence-electron chi connectivity index (χ4n) is 0.900. The van der Waals surface area contributed by atoms with Crippen LogP contribution in [0.4, 0.5) is 0 Å². The van der Waals surface area contributed by atoms with Crippen LogP contribution in [0.15, 0.2) is 0 Å². The van der Waals surface area contributed by atoms with Crippen LogP contribution in [0.25, 0.3) is 0 Å². The summed E-state index contributed by atoms with van der Waals surface area (Å²) in [6.45, 7) is 2.66. The summed E-state index contributed by atoms with van der Waals surface area (Å²) >= 11 is 0. The minimum absolute atomic E-state index is 0.295. The Morgan fingerprint density at radius 1 is 0.917 bits per heavy atom. The average molecular weight is 176 g/mol. The smallest absolute Gasteiger partial charge is 0.0487 e. The summed E-state index contributed by atoms with van der Waals surface area (Å²) in [5.74, 6) is 0. The van der Waals surface area contributed by atoms with Crippen LogP contribution in [0.1, 0.15) is 25.7 Å². The molecule has 0 heterocycles. The summed E-state index contributed by atoms with van der Waals surface area (Å²) in [5, 5.41) is 8.48. The van der Waals surface area contributed by atoms with Crippen molar-refractivity contribution in [2.24, 2.45) is 0 Å². The summed E-state index contributed by atoms with van der Waals surface area (Å²) in [7, 11) is 1.70. The average Bonchev–Trinajstić information content (AvgIpc) is 2.10. The first kappa shape index (κ1) is 11.9. The van der Waals surface area contributed by atoms with Crippen LogP contribution in [0, 0.1) is 0 Å². The molecule has 0 spiro atoms. The van der Waals surface area contributed by atoms with E-state index in [4.69, 9.17) is 14.6 Å². The molecule has 0 saturated carbocycles. The van der Waals surface area contributed by atoms with Gasteiger partial charge in [-0.1, -0.05) is 0 Å². The van der Waals surface area contributed by atoms with E-state index in [1.165, 1.54) is 0 Å². The molecule has 0 aromatic heterocycles. The lowest BCUT2D eigenvalue weighted by Crippen LogP contribution is -2.00. The van der Waals surface area contributed by atoms with E-state index < -0.39 is 0 Å². The van der Waals surface area contributed by atoms with E-state index in [2.05, 4.69) is 0 Å². The van der Waals surface area contributed by atoms with Gasteiger partial charge >= 0.3 is 0 Å². The molecule has 0 bridgehead atoms. The normalized spacial score (nSPS) is 10.5. The fourth-order valence-corrected chi connectivity index (χ4v) is 0.900. The maximum Gasteiger partial charge on any atom is 0.0487 e. The zero-order valence-electron chi connectivity index (χ0n) is 7.92. The summed E-state index contributed by atoms with van der Waals surface area (Å²) in [5.41, 5.74) is 0. The minimum atomic E-state index is 0.295. The van der Waals surface area contributed by atoms with Gasteiger partial charge in [0.25, 0.3) is 0 Å². The predicted molar refractivity (Wildman–Crippen MR) is 48.2 cm³/mol. The molecular weight excluding hydrogens is 156 g/mol. The Bertz CT molecular complexity index is 66.2. The van der Waals surface area contributed by atoms with Crippen LogP contribution >= 0.6 is 0 Å². The standard InChI is InChI=1S/C9H20O3/c1-11-7-5-9-12-8-4-2-3-6-10/h10H,2-9H2,1H3. The maximum atomic E-state index is 8.48. The van der Waals surface area contributed by atoms with Gasteiger partial charge in [-0.3, -0.25) is 0 Å². The molecular formula is C9H20O3. The highest BCUT2D eigenvalue weighted by atomic mass is 16.5. The van der Waals surface area contributed by atoms with Crippen LogP contribution in [0.5, 0.6) is 0 Å². The molecule has 3 nitrogen and oxygen atoms in total. The topological polar surface area (TPSA) is 38.7 Å². The quantitative estimate of drug-likeness (QED) is 0.536. The summed E-state index contributed by atoms with van der Waals surface area (Å²) < 4.78 is 10.2. The lowest BCUT2D eigenvalue weighted by Gasteiger charge is -2.02. The third-order valence-corrected chi connectivity index (χ3v) is 1.58. The first-order valence-corrected chi connectivity index (χ1v) is 4.59. The molecule has 3 heteroatoms. The molecule has 0 saturated heterocycles. The largest absolute Gasteiger partial charge is 0.396 e. The number of hydrogen-bond donors (Lipinski definition) is 1. The minimum Gasteiger partial charge on any atom is -0.396 e. The van der Waals surface area contributed by atoms with Crippen LogP contribution in [0.3, 0.4) is 0 Å². The van der Waals surface area contributed by atoms with Gasteiger partial charge in [-0.25, -0.2) is 0 Å². The Morgan fingerprint density at radius 3 is 2.33 bits per heavy atom. The third kappa shape index (κ3) is 9.88. The van der Waals surface area contributed by atoms with Gasteiger partial charge in [0.2, 0.25) is 0 Å². The van der Waals surface area contributed by atoms with Crippen LogP contribution in [-0.2, 0) is 9.47 Å². The van der Waals surface area contributed by atoms with Crippen molar-refractivity contribution in [1.82, 2.24) is 0 Å². The van der Waals surface area contributed by atoms with Gasteiger partial charge in [0, 0.05) is 33.5 Å². The van der Waals surface area contributed by atoms with Gasteiger partial charge in [-0.05, 0) is 25.7 Å². The lowest BCUT2D eigenvalue weighted by atomic mass is 10.2. The van der Waals surface area contributed by atoms with Crippen molar-refractivity contribution in [2.75, 3.05) is 33.5 Å². The monoisotopic (exact) mass is 176 g/mol. The van der Waals surface area contributed by atoms with Gasteiger partial charge in [0.05, 0.1) is 0 Å². The molecule has 74 valence electrons. The van der Waals surface area contributed by atoms with Crippen molar-refractivity contribution < 1.29 is 14.6 Å². The molecule has 0 aliphatic heterocycles. The Morgan fingerprint density at radius 2 is 1.67 bits per heavy atom. The van der Waals surface area contributed by atoms with Crippen molar-refractivity contribution >= 4 is 0 Å². The predicted octanol–water partition coefficient (Wildman–Crippen LogP) is 1.20. The molecule has 0 aliphatic rings. The molecule has 12 heavy (non-hydrogen) atoms. The zero-order chi connectivity index (χ0) is 9.07. The lowest BCUT2D eigenvalue weighted by molar-refractivity contribution is 0.0994. The van der Waals surface area contributed by atoms with Crippen molar-refractivity contribution in [3.8, 4) is 0 Å². The molecule has 1 N–H and O–H groups in total. The second kappa shape index (κ2) is 10.9. The third-order valence-electron chi connectivity index (χ3n) is 1.58. The number of ether oxygens (including phenoxy) is 2. The van der Waals surface area contributed by atoms with Crippen LogP contribution in [0.2, 0.25) is 0 Å². The van der Waals surface area contributed by atoms with E-state index in [0.717, 1.165) is 45.5 Å². The number of unbranched alkanes of at least 4 members (excludes halogenated alkanes) is 2. The molecule has 0 atom stereocenters. The van der Waals surface area contributed by atoms with Crippen LogP contribution in [-0.4, -0.2) is 38.6 Å². The number of methoxy groups -OCH3 is 1. The van der Waals surface area contributed by atoms with E-state index in [1.54, 1.807) is 7.11 Å². The first-order valence-electron chi connectivity index (χ1n) is 4.59. The molecule has 0 aliphatic carbocycles. The van der Waals surface area contributed by atoms with Gasteiger partial charge in [-0.2, -0.15) is 0 Å². The van der Waals surface area contributed by atoms with E-state index in [-0.39, 0.29) is 0 Å². The number of rotatable bonds is 9. The van der Waals surface area contributed by atoms with Crippen molar-refractivity contribution in [3.63, 3.8) is 0 Å². The Balaban J connectivity index is 2.73. The van der Waals surface area contributed by atoms with Gasteiger partial charge < -0.3 is 14.6 Å². The number of aliphatic hydroxyl groups excluding tert-OH is 1. The SMILES string of the molecule is COCCCOCCCCCO. The summed E-state index contributed by atoms with van der Waals surface area (Å²) in [6, 6.07) is 0. The highest BCUT2D eigenvalue weighted by Gasteiger charge is 1.89. The Kier molecular flexibility index (Phi) is 10.8. The molecule has 0 amide bonds. The Hall–Kier alpha value is -0.120. The molecule has 0 unspecified atom stereocenters. The Labute approximate surface area is 74.7 Å². The summed E-state index contributed by atoms with van der Waals surface area (Å²) in [4.78, 5) is 0. The molecule has 0 radical (unpaired) electrons. The van der Waals surface area contributed by atoms with Gasteiger partial charge in [-0.15, -0.1) is 0 Å². The zero-order valence-corrected chi connectivity index (χ0v) is 7.92. The van der Waals surface area contributed by atoms with Crippen molar-refractivity contribution in [1.29, 1.82) is 0 Å². The molecule has 0 aromatic rings. The van der Waals surface area contributed by atoms with Crippen LogP contribution < -0.4 is 0 Å². The molecule has 0 aromatic carbocycles.